The normalized spacial score (nSPS) is 13.6. The predicted molar refractivity (Wildman–Crippen MR) is 65.9 cm³/mol. The number of rotatable bonds is 5. The van der Waals surface area contributed by atoms with Crippen molar-refractivity contribution in [2.45, 2.75) is 12.5 Å². The largest absolute Gasteiger partial charge is 0.271 e. The van der Waals surface area contributed by atoms with E-state index in [-0.39, 0.29) is 10.8 Å². The molecular formula is C10H14ClFN2O2S. The summed E-state index contributed by atoms with van der Waals surface area (Å²) in [6.45, 7) is 0. The van der Waals surface area contributed by atoms with Crippen LogP contribution in [0.4, 0.5) is 4.39 Å². The van der Waals surface area contributed by atoms with E-state index >= 15 is 0 Å². The Labute approximate surface area is 105 Å². The van der Waals surface area contributed by atoms with Crippen molar-refractivity contribution < 1.29 is 12.8 Å². The first-order valence-corrected chi connectivity index (χ1v) is 7.33. The minimum absolute atomic E-state index is 0.0362. The average Bonchev–Trinajstić information content (AvgIpc) is 2.20. The van der Waals surface area contributed by atoms with Crippen molar-refractivity contribution in [1.29, 1.82) is 0 Å². The van der Waals surface area contributed by atoms with Gasteiger partial charge in [-0.3, -0.25) is 11.3 Å². The number of hydrogen-bond donors (Lipinski definition) is 2. The highest BCUT2D eigenvalue weighted by atomic mass is 35.5. The number of hydrazine groups is 1. The van der Waals surface area contributed by atoms with Crippen molar-refractivity contribution in [2.75, 3.05) is 12.0 Å². The second kappa shape index (κ2) is 5.77. The maximum atomic E-state index is 13.2. The van der Waals surface area contributed by atoms with Crippen molar-refractivity contribution >= 4 is 21.4 Å². The number of halogens is 2. The maximum absolute atomic E-state index is 13.2. The third kappa shape index (κ3) is 4.99. The molecule has 0 radical (unpaired) electrons. The molecule has 17 heavy (non-hydrogen) atoms. The summed E-state index contributed by atoms with van der Waals surface area (Å²) in [5, 5.41) is 0.0362. The molecule has 1 aromatic rings. The van der Waals surface area contributed by atoms with Crippen LogP contribution in [0.25, 0.3) is 0 Å². The monoisotopic (exact) mass is 280 g/mol. The zero-order valence-electron chi connectivity index (χ0n) is 9.28. The topological polar surface area (TPSA) is 72.2 Å². The molecule has 0 aliphatic carbocycles. The van der Waals surface area contributed by atoms with Crippen LogP contribution in [0.15, 0.2) is 18.2 Å². The van der Waals surface area contributed by atoms with E-state index in [1.807, 2.05) is 0 Å². The highest BCUT2D eigenvalue weighted by Gasteiger charge is 2.15. The SMILES string of the molecule is CS(=O)(=O)CC(Cc1ccc(Cl)c(F)c1)NN. The van der Waals surface area contributed by atoms with Crippen LogP contribution in [-0.2, 0) is 16.3 Å². The fourth-order valence-electron chi connectivity index (χ4n) is 1.48. The standard InChI is InChI=1S/C10H14ClFN2O2S/c1-17(15,16)6-8(14-13)4-7-2-3-9(11)10(12)5-7/h2-3,5,8,14H,4,6,13H2,1H3. The van der Waals surface area contributed by atoms with Gasteiger partial charge in [0.1, 0.15) is 15.7 Å². The molecule has 0 aliphatic heterocycles. The molecule has 0 aliphatic rings. The Morgan fingerprint density at radius 1 is 1.53 bits per heavy atom. The molecular weight excluding hydrogens is 267 g/mol. The lowest BCUT2D eigenvalue weighted by Gasteiger charge is -2.14. The summed E-state index contributed by atoms with van der Waals surface area (Å²) in [5.41, 5.74) is 3.04. The maximum Gasteiger partial charge on any atom is 0.149 e. The molecule has 0 fully saturated rings. The highest BCUT2D eigenvalue weighted by molar-refractivity contribution is 7.90. The lowest BCUT2D eigenvalue weighted by atomic mass is 10.1. The van der Waals surface area contributed by atoms with Gasteiger partial charge in [-0.05, 0) is 24.1 Å². The number of sulfone groups is 1. The zero-order chi connectivity index (χ0) is 13.1. The molecule has 7 heteroatoms. The fourth-order valence-corrected chi connectivity index (χ4v) is 2.55. The van der Waals surface area contributed by atoms with Gasteiger partial charge in [-0.1, -0.05) is 17.7 Å². The zero-order valence-corrected chi connectivity index (χ0v) is 10.9. The highest BCUT2D eigenvalue weighted by Crippen LogP contribution is 2.16. The van der Waals surface area contributed by atoms with Crippen LogP contribution in [0.1, 0.15) is 5.56 Å². The van der Waals surface area contributed by atoms with E-state index in [0.717, 1.165) is 6.26 Å². The Morgan fingerprint density at radius 3 is 2.65 bits per heavy atom. The van der Waals surface area contributed by atoms with Crippen LogP contribution >= 0.6 is 11.6 Å². The van der Waals surface area contributed by atoms with Gasteiger partial charge in [0.2, 0.25) is 0 Å². The van der Waals surface area contributed by atoms with Crippen molar-refractivity contribution in [3.8, 4) is 0 Å². The first kappa shape index (κ1) is 14.4. The quantitative estimate of drug-likeness (QED) is 0.621. The minimum Gasteiger partial charge on any atom is -0.271 e. The van der Waals surface area contributed by atoms with Crippen molar-refractivity contribution in [1.82, 2.24) is 5.43 Å². The van der Waals surface area contributed by atoms with Crippen LogP contribution in [0, 0.1) is 5.82 Å². The molecule has 0 aromatic heterocycles. The summed E-state index contributed by atoms with van der Waals surface area (Å²) in [6.07, 6.45) is 1.44. The Hall–Kier alpha value is -0.690. The summed E-state index contributed by atoms with van der Waals surface area (Å²) in [6, 6.07) is 3.89. The molecule has 1 rings (SSSR count). The summed E-state index contributed by atoms with van der Waals surface area (Å²) >= 11 is 5.55. The summed E-state index contributed by atoms with van der Waals surface area (Å²) in [4.78, 5) is 0. The minimum atomic E-state index is -3.14. The molecule has 0 spiro atoms. The van der Waals surface area contributed by atoms with Crippen LogP contribution in [-0.4, -0.2) is 26.5 Å². The number of hydrogen-bond acceptors (Lipinski definition) is 4. The Balaban J connectivity index is 2.77. The third-order valence-corrected chi connectivity index (χ3v) is 3.52. The number of nitrogens with two attached hydrogens (primary N) is 1. The van der Waals surface area contributed by atoms with Gasteiger partial charge in [-0.25, -0.2) is 12.8 Å². The van der Waals surface area contributed by atoms with Gasteiger partial charge in [-0.15, -0.1) is 0 Å². The molecule has 0 saturated heterocycles. The van der Waals surface area contributed by atoms with Gasteiger partial charge in [0.15, 0.2) is 0 Å². The van der Waals surface area contributed by atoms with E-state index < -0.39 is 21.7 Å². The van der Waals surface area contributed by atoms with Crippen molar-refractivity contribution in [2.24, 2.45) is 5.84 Å². The molecule has 96 valence electrons. The Kier molecular flexibility index (Phi) is 4.88. The van der Waals surface area contributed by atoms with Crippen LogP contribution in [0.2, 0.25) is 5.02 Å². The Bertz CT molecular complexity index is 493. The summed E-state index contributed by atoms with van der Waals surface area (Å²) in [5.74, 6) is 4.63. The van der Waals surface area contributed by atoms with Crippen LogP contribution in [0.5, 0.6) is 0 Å². The average molecular weight is 281 g/mol. The van der Waals surface area contributed by atoms with Crippen LogP contribution < -0.4 is 11.3 Å². The fraction of sp³-hybridized carbons (Fsp3) is 0.400. The molecule has 0 bridgehead atoms. The smallest absolute Gasteiger partial charge is 0.149 e. The number of benzene rings is 1. The molecule has 0 saturated carbocycles. The molecule has 4 nitrogen and oxygen atoms in total. The molecule has 1 atom stereocenters. The second-order valence-electron chi connectivity index (χ2n) is 3.91. The first-order chi connectivity index (χ1) is 7.81. The van der Waals surface area contributed by atoms with E-state index in [4.69, 9.17) is 17.4 Å². The van der Waals surface area contributed by atoms with E-state index in [1.165, 1.54) is 12.1 Å². The molecule has 3 N–H and O–H groups in total. The van der Waals surface area contributed by atoms with Gasteiger partial charge < -0.3 is 0 Å². The van der Waals surface area contributed by atoms with E-state index in [1.54, 1.807) is 6.07 Å². The van der Waals surface area contributed by atoms with Crippen LogP contribution in [0.3, 0.4) is 0 Å². The Morgan fingerprint density at radius 2 is 2.18 bits per heavy atom. The predicted octanol–water partition coefficient (Wildman–Crippen LogP) is 0.898. The lowest BCUT2D eigenvalue weighted by molar-refractivity contribution is 0.544. The van der Waals surface area contributed by atoms with Gasteiger partial charge in [0.05, 0.1) is 10.8 Å². The van der Waals surface area contributed by atoms with Gasteiger partial charge in [-0.2, -0.15) is 0 Å². The van der Waals surface area contributed by atoms with Crippen molar-refractivity contribution in [3.05, 3.63) is 34.6 Å². The van der Waals surface area contributed by atoms with E-state index in [2.05, 4.69) is 5.43 Å². The second-order valence-corrected chi connectivity index (χ2v) is 6.50. The van der Waals surface area contributed by atoms with Gasteiger partial charge in [0, 0.05) is 12.3 Å². The first-order valence-electron chi connectivity index (χ1n) is 4.89. The van der Waals surface area contributed by atoms with E-state index in [0.29, 0.717) is 12.0 Å². The number of nitrogens with one attached hydrogen (secondary N) is 1. The van der Waals surface area contributed by atoms with Crippen molar-refractivity contribution in [3.63, 3.8) is 0 Å². The molecule has 1 unspecified atom stereocenters. The summed E-state index contributed by atoms with van der Waals surface area (Å²) < 4.78 is 35.4. The van der Waals surface area contributed by atoms with E-state index in [9.17, 15) is 12.8 Å². The molecule has 0 heterocycles. The van der Waals surface area contributed by atoms with Gasteiger partial charge >= 0.3 is 0 Å². The lowest BCUT2D eigenvalue weighted by Crippen LogP contribution is -2.41. The third-order valence-electron chi connectivity index (χ3n) is 2.21. The van der Waals surface area contributed by atoms with Gasteiger partial charge in [0.25, 0.3) is 0 Å². The summed E-state index contributed by atoms with van der Waals surface area (Å²) in [7, 11) is -3.14. The molecule has 0 amide bonds. The molecule has 1 aromatic carbocycles.